The summed E-state index contributed by atoms with van der Waals surface area (Å²) < 4.78 is 38.7. The van der Waals surface area contributed by atoms with Crippen LogP contribution in [0.3, 0.4) is 0 Å². The molecule has 4 rings (SSSR count). The number of hydrogen-bond acceptors (Lipinski definition) is 7. The molecule has 0 radical (unpaired) electrons. The van der Waals surface area contributed by atoms with E-state index in [0.717, 1.165) is 10.6 Å². The maximum absolute atomic E-state index is 12.8. The molecule has 0 saturated carbocycles. The molecule has 1 aromatic heterocycles. The number of esters is 1. The van der Waals surface area contributed by atoms with E-state index in [1.807, 2.05) is 35.7 Å². The van der Waals surface area contributed by atoms with E-state index in [-0.39, 0.29) is 17.1 Å². The van der Waals surface area contributed by atoms with E-state index in [1.165, 1.54) is 42.7 Å². The molecule has 0 atom stereocenters. The number of nitrogens with zero attached hydrogens (tertiary/aromatic N) is 1. The first-order chi connectivity index (χ1) is 16.0. The smallest absolute Gasteiger partial charge is 0.338 e. The van der Waals surface area contributed by atoms with Gasteiger partial charge in [-0.25, -0.2) is 18.2 Å². The van der Waals surface area contributed by atoms with Gasteiger partial charge >= 0.3 is 5.97 Å². The molecule has 3 aromatic carbocycles. The van der Waals surface area contributed by atoms with Crippen molar-refractivity contribution < 1.29 is 22.7 Å². The lowest BCUT2D eigenvalue weighted by atomic mass is 10.2. The number of methoxy groups -OCH3 is 1. The normalized spacial score (nSPS) is 11.1. The molecule has 0 spiro atoms. The van der Waals surface area contributed by atoms with Crippen LogP contribution >= 0.6 is 11.3 Å². The molecular weight excluding hydrogens is 460 g/mol. The van der Waals surface area contributed by atoms with Crippen LogP contribution in [0.5, 0.6) is 5.75 Å². The number of anilines is 1. The van der Waals surface area contributed by atoms with Crippen molar-refractivity contribution in [2.45, 2.75) is 11.5 Å². The highest BCUT2D eigenvalue weighted by Gasteiger charge is 2.19. The quantitative estimate of drug-likeness (QED) is 0.358. The molecule has 33 heavy (non-hydrogen) atoms. The molecule has 0 saturated heterocycles. The number of rotatable bonds is 8. The molecule has 1 N–H and O–H groups in total. The minimum absolute atomic E-state index is 0.0153. The van der Waals surface area contributed by atoms with Crippen molar-refractivity contribution in [3.63, 3.8) is 0 Å². The number of carbonyl (C=O) groups excluding carboxylic acids is 1. The molecule has 4 aromatic rings. The van der Waals surface area contributed by atoms with E-state index in [0.29, 0.717) is 17.1 Å². The van der Waals surface area contributed by atoms with Gasteiger partial charge < -0.3 is 9.47 Å². The first-order valence-corrected chi connectivity index (χ1v) is 12.3. The molecule has 1 heterocycles. The average Bonchev–Trinajstić information content (AvgIpc) is 3.32. The summed E-state index contributed by atoms with van der Waals surface area (Å²) >= 11 is 1.46. The van der Waals surface area contributed by atoms with Crippen LogP contribution < -0.4 is 9.46 Å². The van der Waals surface area contributed by atoms with Crippen molar-refractivity contribution in [2.24, 2.45) is 0 Å². The Morgan fingerprint density at radius 1 is 1.00 bits per heavy atom. The Bertz CT molecular complexity index is 1370. The summed E-state index contributed by atoms with van der Waals surface area (Å²) in [6, 6.07) is 22.0. The van der Waals surface area contributed by atoms with Gasteiger partial charge in [0.05, 0.1) is 29.0 Å². The first-order valence-electron chi connectivity index (χ1n) is 9.89. The summed E-state index contributed by atoms with van der Waals surface area (Å²) in [6.07, 6.45) is 0. The van der Waals surface area contributed by atoms with E-state index in [1.54, 1.807) is 24.3 Å². The van der Waals surface area contributed by atoms with Gasteiger partial charge in [0, 0.05) is 10.9 Å². The minimum Gasteiger partial charge on any atom is -0.495 e. The van der Waals surface area contributed by atoms with E-state index in [2.05, 4.69) is 9.71 Å². The number of hydrogen-bond donors (Lipinski definition) is 1. The monoisotopic (exact) mass is 480 g/mol. The summed E-state index contributed by atoms with van der Waals surface area (Å²) in [6.45, 7) is -0.0153. The fourth-order valence-electron chi connectivity index (χ4n) is 3.03. The summed E-state index contributed by atoms with van der Waals surface area (Å²) in [7, 11) is -2.49. The third kappa shape index (κ3) is 5.39. The van der Waals surface area contributed by atoms with Crippen molar-refractivity contribution in [3.8, 4) is 16.3 Å². The predicted molar refractivity (Wildman–Crippen MR) is 127 cm³/mol. The number of carbonyl (C=O) groups is 1. The zero-order valence-corrected chi connectivity index (χ0v) is 19.2. The van der Waals surface area contributed by atoms with Crippen molar-refractivity contribution >= 4 is 33.0 Å². The molecule has 7 nitrogen and oxygen atoms in total. The van der Waals surface area contributed by atoms with Crippen molar-refractivity contribution in [2.75, 3.05) is 11.8 Å². The van der Waals surface area contributed by atoms with Gasteiger partial charge in [-0.2, -0.15) is 0 Å². The number of aromatic nitrogens is 1. The van der Waals surface area contributed by atoms with Gasteiger partial charge in [0.2, 0.25) is 0 Å². The minimum atomic E-state index is -3.94. The highest BCUT2D eigenvalue weighted by atomic mass is 32.2. The van der Waals surface area contributed by atoms with E-state index in [9.17, 15) is 13.2 Å². The van der Waals surface area contributed by atoms with Crippen LogP contribution in [0, 0.1) is 0 Å². The highest BCUT2D eigenvalue weighted by Crippen LogP contribution is 2.27. The number of para-hydroxylation sites is 2. The standard InChI is InChI=1S/C24H20N2O5S2/c1-30-22-13-6-5-12-21(22)26-33(28,29)20-11-7-10-18(14-20)24(27)31-15-19-16-32-23(25-19)17-8-3-2-4-9-17/h2-14,16,26H,15H2,1H3. The zero-order valence-electron chi connectivity index (χ0n) is 17.6. The third-order valence-electron chi connectivity index (χ3n) is 4.65. The molecule has 0 unspecified atom stereocenters. The molecule has 0 fully saturated rings. The summed E-state index contributed by atoms with van der Waals surface area (Å²) in [4.78, 5) is 17.0. The van der Waals surface area contributed by atoms with Crippen molar-refractivity contribution in [1.82, 2.24) is 4.98 Å². The maximum atomic E-state index is 12.8. The van der Waals surface area contributed by atoms with E-state index in [4.69, 9.17) is 9.47 Å². The van der Waals surface area contributed by atoms with Crippen LogP contribution in [0.25, 0.3) is 10.6 Å². The molecule has 0 aliphatic carbocycles. The number of sulfonamides is 1. The SMILES string of the molecule is COc1ccccc1NS(=O)(=O)c1cccc(C(=O)OCc2csc(-c3ccccc3)n2)c1. The Morgan fingerprint density at radius 3 is 2.55 bits per heavy atom. The molecule has 168 valence electrons. The Morgan fingerprint density at radius 2 is 1.76 bits per heavy atom. The second-order valence-corrected chi connectivity index (χ2v) is 9.46. The third-order valence-corrected chi connectivity index (χ3v) is 6.96. The lowest BCUT2D eigenvalue weighted by Gasteiger charge is -2.12. The zero-order chi connectivity index (χ0) is 23.3. The van der Waals surface area contributed by atoms with Gasteiger partial charge in [-0.05, 0) is 30.3 Å². The Balaban J connectivity index is 1.45. The Kier molecular flexibility index (Phi) is 6.71. The van der Waals surface area contributed by atoms with Gasteiger partial charge in [0.15, 0.2) is 0 Å². The predicted octanol–water partition coefficient (Wildman–Crippen LogP) is 4.98. The van der Waals surface area contributed by atoms with Crippen LogP contribution in [-0.4, -0.2) is 26.5 Å². The van der Waals surface area contributed by atoms with Crippen LogP contribution in [-0.2, 0) is 21.4 Å². The second kappa shape index (κ2) is 9.85. The molecule has 0 aliphatic heterocycles. The van der Waals surface area contributed by atoms with Crippen LogP contribution in [0.2, 0.25) is 0 Å². The van der Waals surface area contributed by atoms with Crippen LogP contribution in [0.15, 0.2) is 89.1 Å². The molecule has 0 aliphatic rings. The summed E-state index contributed by atoms with van der Waals surface area (Å²) in [5.41, 5.74) is 2.02. The van der Waals surface area contributed by atoms with E-state index < -0.39 is 16.0 Å². The van der Waals surface area contributed by atoms with E-state index >= 15 is 0 Å². The lowest BCUT2D eigenvalue weighted by molar-refractivity contribution is 0.0468. The summed E-state index contributed by atoms with van der Waals surface area (Å²) in [5, 5.41) is 2.66. The summed E-state index contributed by atoms with van der Waals surface area (Å²) in [5.74, 6) is -0.256. The first kappa shape index (κ1) is 22.5. The van der Waals surface area contributed by atoms with Crippen LogP contribution in [0.1, 0.15) is 16.1 Å². The van der Waals surface area contributed by atoms with Gasteiger partial charge in [0.1, 0.15) is 17.4 Å². The molecule has 9 heteroatoms. The maximum Gasteiger partial charge on any atom is 0.338 e. The van der Waals surface area contributed by atoms with Crippen molar-refractivity contribution in [3.05, 3.63) is 95.5 Å². The van der Waals surface area contributed by atoms with Crippen LogP contribution in [0.4, 0.5) is 5.69 Å². The van der Waals surface area contributed by atoms with Gasteiger partial charge in [0.25, 0.3) is 10.0 Å². The lowest BCUT2D eigenvalue weighted by Crippen LogP contribution is -2.15. The largest absolute Gasteiger partial charge is 0.495 e. The average molecular weight is 481 g/mol. The Labute approximate surface area is 195 Å². The number of benzene rings is 3. The number of ether oxygens (including phenoxy) is 2. The molecular formula is C24H20N2O5S2. The fourth-order valence-corrected chi connectivity index (χ4v) is 4.96. The molecule has 0 bridgehead atoms. The number of thiazole rings is 1. The molecule has 0 amide bonds. The number of nitrogens with one attached hydrogen (secondary N) is 1. The highest BCUT2D eigenvalue weighted by molar-refractivity contribution is 7.92. The van der Waals surface area contributed by atoms with Gasteiger partial charge in [-0.1, -0.05) is 48.5 Å². The Hall–Kier alpha value is -3.69. The van der Waals surface area contributed by atoms with Crippen molar-refractivity contribution in [1.29, 1.82) is 0 Å². The fraction of sp³-hybridized carbons (Fsp3) is 0.0833. The topological polar surface area (TPSA) is 94.6 Å². The second-order valence-electron chi connectivity index (χ2n) is 6.92. The van der Waals surface area contributed by atoms with Gasteiger partial charge in [-0.3, -0.25) is 4.72 Å². The van der Waals surface area contributed by atoms with Gasteiger partial charge in [-0.15, -0.1) is 11.3 Å².